The second-order valence-corrected chi connectivity index (χ2v) is 5.95. The SMILES string of the molecule is Cc1ccc(N/N=C(\C(=N\O)C(=O)c2ccccc2)c2ccccc2)cc1. The van der Waals surface area contributed by atoms with Crippen LogP contribution in [0.1, 0.15) is 21.5 Å². The van der Waals surface area contributed by atoms with Crippen LogP contribution in [0, 0.1) is 6.92 Å². The van der Waals surface area contributed by atoms with E-state index >= 15 is 0 Å². The normalized spacial score (nSPS) is 11.9. The Morgan fingerprint density at radius 2 is 1.37 bits per heavy atom. The second kappa shape index (κ2) is 8.58. The Hall–Kier alpha value is -3.73. The van der Waals surface area contributed by atoms with Gasteiger partial charge in [-0.3, -0.25) is 10.2 Å². The first-order chi connectivity index (χ1) is 13.2. The van der Waals surface area contributed by atoms with E-state index in [0.717, 1.165) is 11.3 Å². The van der Waals surface area contributed by atoms with Gasteiger partial charge >= 0.3 is 0 Å². The molecular weight excluding hydrogens is 338 g/mol. The number of hydrogen-bond acceptors (Lipinski definition) is 5. The number of oxime groups is 1. The molecule has 0 aromatic heterocycles. The highest BCUT2D eigenvalue weighted by atomic mass is 16.4. The fraction of sp³-hybridized carbons (Fsp3) is 0.0455. The van der Waals surface area contributed by atoms with Crippen molar-refractivity contribution in [3.63, 3.8) is 0 Å². The van der Waals surface area contributed by atoms with Crippen LogP contribution < -0.4 is 5.43 Å². The first kappa shape index (κ1) is 18.1. The first-order valence-electron chi connectivity index (χ1n) is 8.47. The summed E-state index contributed by atoms with van der Waals surface area (Å²) in [6.07, 6.45) is 0. The van der Waals surface area contributed by atoms with Crippen LogP contribution in [0.4, 0.5) is 5.69 Å². The highest BCUT2D eigenvalue weighted by molar-refractivity contribution is 6.73. The van der Waals surface area contributed by atoms with Crippen molar-refractivity contribution >= 4 is 22.9 Å². The number of carbonyl (C=O) groups is 1. The maximum absolute atomic E-state index is 12.8. The number of hydrazone groups is 1. The molecule has 0 spiro atoms. The van der Waals surface area contributed by atoms with Crippen LogP contribution in [0.25, 0.3) is 0 Å². The Morgan fingerprint density at radius 3 is 1.93 bits per heavy atom. The summed E-state index contributed by atoms with van der Waals surface area (Å²) in [6, 6.07) is 25.5. The predicted octanol–water partition coefficient (Wildman–Crippen LogP) is 4.52. The number of aryl methyl sites for hydroxylation is 1. The number of anilines is 1. The van der Waals surface area contributed by atoms with E-state index in [0.29, 0.717) is 11.1 Å². The van der Waals surface area contributed by atoms with Crippen molar-refractivity contribution in [3.8, 4) is 0 Å². The first-order valence-corrected chi connectivity index (χ1v) is 8.47. The number of nitrogens with zero attached hydrogens (tertiary/aromatic N) is 2. The fourth-order valence-electron chi connectivity index (χ4n) is 2.53. The molecule has 0 bridgehead atoms. The van der Waals surface area contributed by atoms with Crippen LogP contribution >= 0.6 is 0 Å². The summed E-state index contributed by atoms with van der Waals surface area (Å²) >= 11 is 0. The molecule has 0 unspecified atom stereocenters. The zero-order valence-corrected chi connectivity index (χ0v) is 14.8. The largest absolute Gasteiger partial charge is 0.410 e. The Morgan fingerprint density at radius 1 is 0.815 bits per heavy atom. The summed E-state index contributed by atoms with van der Waals surface area (Å²) < 4.78 is 0. The molecule has 0 aliphatic rings. The summed E-state index contributed by atoms with van der Waals surface area (Å²) in [5.74, 6) is -0.411. The minimum atomic E-state index is -0.411. The smallest absolute Gasteiger partial charge is 0.217 e. The molecule has 0 aliphatic carbocycles. The lowest BCUT2D eigenvalue weighted by Crippen LogP contribution is -2.26. The number of hydrogen-bond donors (Lipinski definition) is 2. The molecule has 0 amide bonds. The van der Waals surface area contributed by atoms with E-state index < -0.39 is 5.78 Å². The quantitative estimate of drug-likeness (QED) is 0.295. The predicted molar refractivity (Wildman–Crippen MR) is 108 cm³/mol. The van der Waals surface area contributed by atoms with Crippen molar-refractivity contribution in [2.45, 2.75) is 6.92 Å². The molecular formula is C22H19N3O2. The lowest BCUT2D eigenvalue weighted by atomic mass is 9.99. The summed E-state index contributed by atoms with van der Waals surface area (Å²) in [5.41, 5.74) is 6.03. The van der Waals surface area contributed by atoms with Gasteiger partial charge in [-0.1, -0.05) is 83.5 Å². The third-order valence-corrected chi connectivity index (χ3v) is 3.97. The number of nitrogens with one attached hydrogen (secondary N) is 1. The van der Waals surface area contributed by atoms with E-state index in [1.807, 2.05) is 55.5 Å². The Bertz CT molecular complexity index is 963. The zero-order valence-electron chi connectivity index (χ0n) is 14.8. The van der Waals surface area contributed by atoms with Gasteiger partial charge in [-0.15, -0.1) is 0 Å². The highest BCUT2D eigenvalue weighted by Crippen LogP contribution is 2.12. The van der Waals surface area contributed by atoms with Gasteiger partial charge in [-0.05, 0) is 19.1 Å². The molecule has 0 fully saturated rings. The molecule has 5 nitrogen and oxygen atoms in total. The summed E-state index contributed by atoms with van der Waals surface area (Å²) in [4.78, 5) is 12.8. The third kappa shape index (κ3) is 4.46. The average molecular weight is 357 g/mol. The van der Waals surface area contributed by atoms with Crippen LogP contribution in [0.2, 0.25) is 0 Å². The lowest BCUT2D eigenvalue weighted by Gasteiger charge is -2.10. The van der Waals surface area contributed by atoms with Gasteiger partial charge in [0.15, 0.2) is 5.71 Å². The standard InChI is InChI=1S/C22H19N3O2/c1-16-12-14-19(15-13-16)23-24-20(17-8-4-2-5-9-17)21(25-27)22(26)18-10-6-3-7-11-18/h2-15,23,27H,1H3/b24-20-,25-21-. The van der Waals surface area contributed by atoms with E-state index in [4.69, 9.17) is 0 Å². The van der Waals surface area contributed by atoms with E-state index in [-0.39, 0.29) is 11.4 Å². The molecule has 0 heterocycles. The molecule has 5 heteroatoms. The second-order valence-electron chi connectivity index (χ2n) is 5.95. The van der Waals surface area contributed by atoms with Gasteiger partial charge < -0.3 is 5.21 Å². The van der Waals surface area contributed by atoms with Crippen molar-refractivity contribution < 1.29 is 10.0 Å². The van der Waals surface area contributed by atoms with Gasteiger partial charge in [0, 0.05) is 11.1 Å². The number of rotatable bonds is 6. The molecule has 3 aromatic carbocycles. The molecule has 0 atom stereocenters. The Labute approximate surface area is 157 Å². The molecule has 0 aliphatic heterocycles. The van der Waals surface area contributed by atoms with Crippen LogP contribution in [0.3, 0.4) is 0 Å². The van der Waals surface area contributed by atoms with E-state index in [2.05, 4.69) is 15.7 Å². The maximum Gasteiger partial charge on any atom is 0.217 e. The van der Waals surface area contributed by atoms with Crippen molar-refractivity contribution in [2.24, 2.45) is 10.3 Å². The highest BCUT2D eigenvalue weighted by Gasteiger charge is 2.22. The average Bonchev–Trinajstić information content (AvgIpc) is 2.73. The van der Waals surface area contributed by atoms with Gasteiger partial charge in [0.05, 0.1) is 5.69 Å². The van der Waals surface area contributed by atoms with Gasteiger partial charge in [-0.25, -0.2) is 0 Å². The molecule has 2 N–H and O–H groups in total. The summed E-state index contributed by atoms with van der Waals surface area (Å²) in [5, 5.41) is 17.2. The fourth-order valence-corrected chi connectivity index (χ4v) is 2.53. The Balaban J connectivity index is 1.99. The molecule has 0 saturated heterocycles. The topological polar surface area (TPSA) is 74.1 Å². The van der Waals surface area contributed by atoms with E-state index in [9.17, 15) is 10.0 Å². The minimum absolute atomic E-state index is 0.132. The number of ketones is 1. The van der Waals surface area contributed by atoms with Gasteiger partial charge in [0.25, 0.3) is 0 Å². The number of benzene rings is 3. The van der Waals surface area contributed by atoms with Crippen molar-refractivity contribution in [2.75, 3.05) is 5.43 Å². The van der Waals surface area contributed by atoms with Crippen LogP contribution in [-0.2, 0) is 0 Å². The molecule has 0 radical (unpaired) electrons. The van der Waals surface area contributed by atoms with Crippen LogP contribution in [0.15, 0.2) is 95.2 Å². The zero-order chi connectivity index (χ0) is 19.1. The molecule has 0 saturated carbocycles. The van der Waals surface area contributed by atoms with Gasteiger partial charge in [-0.2, -0.15) is 5.10 Å². The van der Waals surface area contributed by atoms with Crippen molar-refractivity contribution in [1.82, 2.24) is 0 Å². The molecule has 3 aromatic rings. The lowest BCUT2D eigenvalue weighted by molar-refractivity contribution is 0.106. The van der Waals surface area contributed by atoms with Gasteiger partial charge in [0.1, 0.15) is 5.71 Å². The third-order valence-electron chi connectivity index (χ3n) is 3.97. The minimum Gasteiger partial charge on any atom is -0.410 e. The van der Waals surface area contributed by atoms with Crippen molar-refractivity contribution in [3.05, 3.63) is 102 Å². The number of carbonyl (C=O) groups excluding carboxylic acids is 1. The monoisotopic (exact) mass is 357 g/mol. The van der Waals surface area contributed by atoms with Gasteiger partial charge in [0.2, 0.25) is 5.78 Å². The Kier molecular flexibility index (Phi) is 5.74. The van der Waals surface area contributed by atoms with E-state index in [1.165, 1.54) is 0 Å². The molecule has 27 heavy (non-hydrogen) atoms. The maximum atomic E-state index is 12.8. The van der Waals surface area contributed by atoms with Crippen molar-refractivity contribution in [1.29, 1.82) is 0 Å². The summed E-state index contributed by atoms with van der Waals surface area (Å²) in [7, 11) is 0. The molecule has 3 rings (SSSR count). The van der Waals surface area contributed by atoms with Crippen LogP contribution in [0.5, 0.6) is 0 Å². The van der Waals surface area contributed by atoms with Crippen LogP contribution in [-0.4, -0.2) is 22.4 Å². The van der Waals surface area contributed by atoms with E-state index in [1.54, 1.807) is 36.4 Å². The summed E-state index contributed by atoms with van der Waals surface area (Å²) in [6.45, 7) is 2.00. The number of Topliss-reactive ketones (excluding diaryl/α,β-unsaturated/α-hetero) is 1. The molecule has 134 valence electrons.